The first kappa shape index (κ1) is 18.9. The Morgan fingerprint density at radius 3 is 2.69 bits per heavy atom. The summed E-state index contributed by atoms with van der Waals surface area (Å²) in [5.41, 5.74) is 2.14. The molecule has 1 aliphatic rings. The number of hydrogen-bond acceptors (Lipinski definition) is 6. The van der Waals surface area contributed by atoms with Crippen LogP contribution in [-0.4, -0.2) is 24.3 Å². The third-order valence-corrected chi connectivity index (χ3v) is 4.73. The van der Waals surface area contributed by atoms with Gasteiger partial charge in [-0.15, -0.1) is 20.1 Å². The average Bonchev–Trinajstić information content (AvgIpc) is 3.28. The fourth-order valence-corrected chi connectivity index (χ4v) is 3.34. The number of carbonyl (C=O) groups is 1. The van der Waals surface area contributed by atoms with Gasteiger partial charge in [0.05, 0.1) is 12.8 Å². The van der Waals surface area contributed by atoms with Crippen LogP contribution in [0.1, 0.15) is 5.56 Å². The zero-order valence-electron chi connectivity index (χ0n) is 15.0. The SMILES string of the molecule is COc1ccc(-c2csc(NC(=O)/C=C/c3ccc4c(c3)OC(F)(F)O4)n2)cc1. The van der Waals surface area contributed by atoms with E-state index >= 15 is 0 Å². The Morgan fingerprint density at radius 2 is 1.93 bits per heavy atom. The van der Waals surface area contributed by atoms with Crippen molar-refractivity contribution in [2.24, 2.45) is 0 Å². The first-order valence-corrected chi connectivity index (χ1v) is 9.29. The number of halogens is 2. The maximum Gasteiger partial charge on any atom is 0.586 e. The van der Waals surface area contributed by atoms with Crippen LogP contribution in [-0.2, 0) is 4.79 Å². The Labute approximate surface area is 168 Å². The number of anilines is 1. The van der Waals surface area contributed by atoms with Gasteiger partial charge in [-0.2, -0.15) is 0 Å². The summed E-state index contributed by atoms with van der Waals surface area (Å²) in [7, 11) is 1.60. The first-order chi connectivity index (χ1) is 13.9. The number of carbonyl (C=O) groups excluding carboxylic acids is 1. The van der Waals surface area contributed by atoms with Crippen LogP contribution in [0.2, 0.25) is 0 Å². The van der Waals surface area contributed by atoms with E-state index in [1.807, 2.05) is 29.6 Å². The number of alkyl halides is 2. The molecular weight excluding hydrogens is 402 g/mol. The lowest BCUT2D eigenvalue weighted by atomic mass is 10.2. The van der Waals surface area contributed by atoms with Gasteiger partial charge in [0.2, 0.25) is 5.91 Å². The van der Waals surface area contributed by atoms with Crippen molar-refractivity contribution < 1.29 is 27.8 Å². The highest BCUT2D eigenvalue weighted by molar-refractivity contribution is 7.14. The van der Waals surface area contributed by atoms with E-state index in [0.717, 1.165) is 17.0 Å². The summed E-state index contributed by atoms with van der Waals surface area (Å²) >= 11 is 1.29. The number of methoxy groups -OCH3 is 1. The molecule has 1 N–H and O–H groups in total. The van der Waals surface area contributed by atoms with E-state index in [1.54, 1.807) is 13.2 Å². The molecule has 148 valence electrons. The van der Waals surface area contributed by atoms with Gasteiger partial charge in [0.25, 0.3) is 0 Å². The van der Waals surface area contributed by atoms with Crippen LogP contribution in [0.15, 0.2) is 53.9 Å². The molecule has 2 aromatic carbocycles. The molecule has 0 radical (unpaired) electrons. The number of rotatable bonds is 5. The molecule has 0 fully saturated rings. The number of nitrogens with one attached hydrogen (secondary N) is 1. The Bertz CT molecular complexity index is 1080. The van der Waals surface area contributed by atoms with Crippen molar-refractivity contribution in [3.05, 3.63) is 59.5 Å². The van der Waals surface area contributed by atoms with Gasteiger partial charge in [-0.05, 0) is 48.0 Å². The Balaban J connectivity index is 1.40. The van der Waals surface area contributed by atoms with E-state index < -0.39 is 12.2 Å². The summed E-state index contributed by atoms with van der Waals surface area (Å²) in [6.45, 7) is 0. The van der Waals surface area contributed by atoms with Crippen molar-refractivity contribution in [2.45, 2.75) is 6.29 Å². The second kappa shape index (κ2) is 7.51. The molecule has 0 spiro atoms. The number of benzene rings is 2. The predicted octanol–water partition coefficient (Wildman–Crippen LogP) is 4.79. The van der Waals surface area contributed by atoms with Crippen molar-refractivity contribution in [2.75, 3.05) is 12.4 Å². The van der Waals surface area contributed by atoms with E-state index in [4.69, 9.17) is 4.74 Å². The third-order valence-electron chi connectivity index (χ3n) is 3.97. The second-order valence-corrected chi connectivity index (χ2v) is 6.82. The molecule has 0 saturated carbocycles. The molecule has 0 unspecified atom stereocenters. The van der Waals surface area contributed by atoms with Crippen molar-refractivity contribution in [3.8, 4) is 28.5 Å². The minimum absolute atomic E-state index is 0.0505. The van der Waals surface area contributed by atoms with Gasteiger partial charge in [0, 0.05) is 17.0 Å². The maximum absolute atomic E-state index is 13.0. The first-order valence-electron chi connectivity index (χ1n) is 8.41. The highest BCUT2D eigenvalue weighted by Crippen LogP contribution is 2.41. The molecule has 1 aromatic heterocycles. The van der Waals surface area contributed by atoms with Crippen molar-refractivity contribution >= 4 is 28.5 Å². The van der Waals surface area contributed by atoms with Gasteiger partial charge >= 0.3 is 6.29 Å². The lowest BCUT2D eigenvalue weighted by Gasteiger charge is -2.04. The van der Waals surface area contributed by atoms with Gasteiger partial charge in [0.1, 0.15) is 5.75 Å². The highest BCUT2D eigenvalue weighted by atomic mass is 32.1. The lowest BCUT2D eigenvalue weighted by Crippen LogP contribution is -2.25. The third kappa shape index (κ3) is 4.35. The Morgan fingerprint density at radius 1 is 1.17 bits per heavy atom. The van der Waals surface area contributed by atoms with Gasteiger partial charge < -0.3 is 14.2 Å². The monoisotopic (exact) mass is 416 g/mol. The lowest BCUT2D eigenvalue weighted by molar-refractivity contribution is -0.286. The van der Waals surface area contributed by atoms with Crippen LogP contribution in [0, 0.1) is 0 Å². The molecular formula is C20H14F2N2O4S. The van der Waals surface area contributed by atoms with Gasteiger partial charge in [-0.1, -0.05) is 6.07 Å². The molecule has 0 bridgehead atoms. The molecule has 0 atom stereocenters. The number of amides is 1. The fourth-order valence-electron chi connectivity index (χ4n) is 2.61. The van der Waals surface area contributed by atoms with Crippen LogP contribution < -0.4 is 19.5 Å². The van der Waals surface area contributed by atoms with Crippen molar-refractivity contribution in [1.82, 2.24) is 4.98 Å². The molecule has 0 aliphatic carbocycles. The Kier molecular flexibility index (Phi) is 4.89. The standard InChI is InChI=1S/C20H14F2N2O4S/c1-26-14-6-4-13(5-7-14)15-11-29-19(23-15)24-18(25)9-3-12-2-8-16-17(10-12)28-20(21,22)27-16/h2-11H,1H3,(H,23,24,25)/b9-3+. The summed E-state index contributed by atoms with van der Waals surface area (Å²) in [5, 5.41) is 4.94. The molecule has 3 aromatic rings. The fraction of sp³-hybridized carbons (Fsp3) is 0.100. The maximum atomic E-state index is 13.0. The van der Waals surface area contributed by atoms with E-state index in [2.05, 4.69) is 19.8 Å². The summed E-state index contributed by atoms with van der Waals surface area (Å²) in [4.78, 5) is 16.5. The van der Waals surface area contributed by atoms with Gasteiger partial charge in [-0.3, -0.25) is 10.1 Å². The number of fused-ring (bicyclic) bond motifs is 1. The molecule has 4 rings (SSSR count). The smallest absolute Gasteiger partial charge is 0.497 e. The molecule has 2 heterocycles. The summed E-state index contributed by atoms with van der Waals surface area (Å²) in [6, 6.07) is 11.7. The zero-order chi connectivity index (χ0) is 20.4. The van der Waals surface area contributed by atoms with E-state index in [1.165, 1.54) is 35.6 Å². The number of nitrogens with zero attached hydrogens (tertiary/aromatic N) is 1. The minimum atomic E-state index is -3.67. The van der Waals surface area contributed by atoms with Crippen LogP contribution in [0.5, 0.6) is 17.2 Å². The molecule has 29 heavy (non-hydrogen) atoms. The summed E-state index contributed by atoms with van der Waals surface area (Å²) < 4.78 is 39.9. The average molecular weight is 416 g/mol. The van der Waals surface area contributed by atoms with E-state index in [-0.39, 0.29) is 11.5 Å². The van der Waals surface area contributed by atoms with Crippen LogP contribution in [0.25, 0.3) is 17.3 Å². The molecule has 1 amide bonds. The van der Waals surface area contributed by atoms with Crippen molar-refractivity contribution in [3.63, 3.8) is 0 Å². The molecule has 6 nitrogen and oxygen atoms in total. The second-order valence-electron chi connectivity index (χ2n) is 5.96. The molecule has 9 heteroatoms. The van der Waals surface area contributed by atoms with Crippen molar-refractivity contribution in [1.29, 1.82) is 0 Å². The van der Waals surface area contributed by atoms with E-state index in [9.17, 15) is 13.6 Å². The van der Waals surface area contributed by atoms with E-state index in [0.29, 0.717) is 10.7 Å². The van der Waals surface area contributed by atoms with Crippen LogP contribution >= 0.6 is 11.3 Å². The van der Waals surface area contributed by atoms with Crippen LogP contribution in [0.4, 0.5) is 13.9 Å². The predicted molar refractivity (Wildman–Crippen MR) is 104 cm³/mol. The minimum Gasteiger partial charge on any atom is -0.497 e. The van der Waals surface area contributed by atoms with Crippen LogP contribution in [0.3, 0.4) is 0 Å². The quantitative estimate of drug-likeness (QED) is 0.606. The number of ether oxygens (including phenoxy) is 3. The number of thiazole rings is 1. The number of aromatic nitrogens is 1. The van der Waals surface area contributed by atoms with Gasteiger partial charge in [-0.25, -0.2) is 4.98 Å². The normalized spacial score (nSPS) is 14.2. The molecule has 1 aliphatic heterocycles. The highest BCUT2D eigenvalue weighted by Gasteiger charge is 2.43. The van der Waals surface area contributed by atoms with Gasteiger partial charge in [0.15, 0.2) is 16.6 Å². The molecule has 0 saturated heterocycles. The summed E-state index contributed by atoms with van der Waals surface area (Å²) in [5.74, 6) is 0.213. The largest absolute Gasteiger partial charge is 0.586 e. The zero-order valence-corrected chi connectivity index (χ0v) is 15.8. The number of hydrogen-bond donors (Lipinski definition) is 1. The topological polar surface area (TPSA) is 69.7 Å². The Hall–Kier alpha value is -3.46. The summed E-state index contributed by atoms with van der Waals surface area (Å²) in [6.07, 6.45) is -0.911.